The number of benzene rings is 1. The van der Waals surface area contributed by atoms with E-state index in [-0.39, 0.29) is 46.7 Å². The Morgan fingerprint density at radius 1 is 1.26 bits per heavy atom. The second-order valence-electron chi connectivity index (χ2n) is 10.3. The molecule has 2 unspecified atom stereocenters. The van der Waals surface area contributed by atoms with Crippen LogP contribution in [-0.4, -0.2) is 72.4 Å². The van der Waals surface area contributed by atoms with Gasteiger partial charge in [0, 0.05) is 31.4 Å². The zero-order chi connectivity index (χ0) is 24.0. The highest BCUT2D eigenvalue weighted by atomic mass is 16.5. The molecule has 3 fully saturated rings. The first-order valence-electron chi connectivity index (χ1n) is 12.5. The molecule has 5 rings (SSSR count). The van der Waals surface area contributed by atoms with Gasteiger partial charge in [0.2, 0.25) is 5.91 Å². The predicted octanol–water partition coefficient (Wildman–Crippen LogP) is 1.45. The molecule has 3 atom stereocenters. The van der Waals surface area contributed by atoms with Gasteiger partial charge in [-0.3, -0.25) is 4.79 Å². The van der Waals surface area contributed by atoms with Crippen LogP contribution >= 0.6 is 0 Å². The molecule has 1 aromatic rings. The van der Waals surface area contributed by atoms with Crippen LogP contribution in [0.4, 0.5) is 0 Å². The number of hydrogen-bond donors (Lipinski definition) is 4. The average Bonchev–Trinajstić information content (AvgIpc) is 3.46. The summed E-state index contributed by atoms with van der Waals surface area (Å²) < 4.78 is 11.6. The number of hydrogen-bond acceptors (Lipinski definition) is 7. The van der Waals surface area contributed by atoms with Gasteiger partial charge in [-0.25, -0.2) is 4.79 Å². The quantitative estimate of drug-likeness (QED) is 0.419. The molecule has 5 N–H and O–H groups in total. The van der Waals surface area contributed by atoms with Crippen LogP contribution < -0.4 is 20.4 Å². The van der Waals surface area contributed by atoms with Gasteiger partial charge >= 0.3 is 13.1 Å². The van der Waals surface area contributed by atoms with E-state index in [4.69, 9.17) is 15.1 Å². The zero-order valence-corrected chi connectivity index (χ0v) is 19.6. The van der Waals surface area contributed by atoms with Gasteiger partial charge in [0.15, 0.2) is 0 Å². The molecule has 2 heterocycles. The lowest BCUT2D eigenvalue weighted by Crippen LogP contribution is -2.56. The van der Waals surface area contributed by atoms with E-state index in [1.165, 1.54) is 0 Å². The van der Waals surface area contributed by atoms with E-state index in [9.17, 15) is 19.7 Å². The number of ether oxygens (including phenoxy) is 1. The fourth-order valence-electron chi connectivity index (χ4n) is 6.02. The minimum Gasteiger partial charge on any atom is -0.535 e. The number of nitrogens with one attached hydrogen (secondary N) is 1. The number of carbonyl (C=O) groups is 2. The van der Waals surface area contributed by atoms with Crippen molar-refractivity contribution in [2.45, 2.75) is 62.9 Å². The Labute approximate surface area is 200 Å². The first-order valence-corrected chi connectivity index (χ1v) is 12.5. The Bertz CT molecular complexity index is 947. The van der Waals surface area contributed by atoms with Crippen LogP contribution in [-0.2, 0) is 4.79 Å². The third kappa shape index (κ3) is 4.39. The topological polar surface area (TPSA) is 134 Å². The van der Waals surface area contributed by atoms with Gasteiger partial charge in [0.05, 0.1) is 13.1 Å². The van der Waals surface area contributed by atoms with Crippen molar-refractivity contribution in [3.63, 3.8) is 0 Å². The summed E-state index contributed by atoms with van der Waals surface area (Å²) in [7, 11) is -0.996. The smallest absolute Gasteiger partial charge is 0.526 e. The lowest BCUT2D eigenvalue weighted by atomic mass is 9.76. The van der Waals surface area contributed by atoms with Gasteiger partial charge in [0.1, 0.15) is 23.2 Å². The molecular weight excluding hydrogens is 437 g/mol. The van der Waals surface area contributed by atoms with Gasteiger partial charge in [0.25, 0.3) is 0 Å². The summed E-state index contributed by atoms with van der Waals surface area (Å²) in [5, 5.41) is 23.6. The van der Waals surface area contributed by atoms with Crippen LogP contribution in [0.3, 0.4) is 0 Å². The van der Waals surface area contributed by atoms with Gasteiger partial charge in [-0.2, -0.15) is 0 Å². The Morgan fingerprint density at radius 3 is 2.68 bits per heavy atom. The summed E-state index contributed by atoms with van der Waals surface area (Å²) in [6.07, 6.45) is 4.56. The van der Waals surface area contributed by atoms with Crippen molar-refractivity contribution in [1.82, 2.24) is 10.2 Å². The summed E-state index contributed by atoms with van der Waals surface area (Å²) in [4.78, 5) is 26.6. The van der Waals surface area contributed by atoms with Crippen molar-refractivity contribution in [2.75, 3.05) is 26.2 Å². The summed E-state index contributed by atoms with van der Waals surface area (Å²) in [5.41, 5.74) is 6.34. The molecular formula is C24H34BN3O6. The van der Waals surface area contributed by atoms with E-state index in [1.54, 1.807) is 11.0 Å². The second kappa shape index (κ2) is 9.39. The lowest BCUT2D eigenvalue weighted by molar-refractivity contribution is -0.141. The SMILES string of the molecule is C[C@@H]1C2B(O)Oc3c(ccc(OC4CN(C(=O)CC5CCC(NCCN)CC5)C4)c3C(=O)O)C21. The molecule has 2 saturated carbocycles. The van der Waals surface area contributed by atoms with Crippen molar-refractivity contribution >= 4 is 19.0 Å². The third-order valence-electron chi connectivity index (χ3n) is 8.12. The molecule has 34 heavy (non-hydrogen) atoms. The molecule has 184 valence electrons. The monoisotopic (exact) mass is 471 g/mol. The number of carboxylic acid groups (broad SMARTS) is 1. The summed E-state index contributed by atoms with van der Waals surface area (Å²) >= 11 is 0. The van der Waals surface area contributed by atoms with Crippen molar-refractivity contribution < 1.29 is 29.1 Å². The maximum Gasteiger partial charge on any atom is 0.526 e. The summed E-state index contributed by atoms with van der Waals surface area (Å²) in [6.45, 7) is 4.42. The fraction of sp³-hybridized carbons (Fsp3) is 0.667. The Kier molecular flexibility index (Phi) is 6.48. The molecule has 4 aliphatic rings. The average molecular weight is 471 g/mol. The summed E-state index contributed by atoms with van der Waals surface area (Å²) in [6, 6.07) is 4.05. The van der Waals surface area contributed by atoms with E-state index in [0.717, 1.165) is 37.8 Å². The largest absolute Gasteiger partial charge is 0.535 e. The standard InChI is InChI=1S/C24H34BN3O6/c1-13-20-17-6-7-18(21(24(30)31)23(17)34-25(32)22(13)20)33-16-11-28(12-16)19(29)10-14-2-4-15(5-3-14)27-9-8-26/h6-7,13-16,20,22,27,32H,2-5,8-12,26H2,1H3,(H,30,31)/t13-,14?,15?,20?,22?/m0/s1. The molecule has 2 aliphatic carbocycles. The Balaban J connectivity index is 1.15. The van der Waals surface area contributed by atoms with Gasteiger partial charge < -0.3 is 35.5 Å². The molecule has 1 saturated heterocycles. The number of fused-ring (bicyclic) bond motifs is 3. The van der Waals surface area contributed by atoms with Crippen LogP contribution in [0.2, 0.25) is 5.82 Å². The van der Waals surface area contributed by atoms with Crippen molar-refractivity contribution in [1.29, 1.82) is 0 Å². The number of carboxylic acids is 1. The predicted molar refractivity (Wildman–Crippen MR) is 126 cm³/mol. The van der Waals surface area contributed by atoms with Gasteiger partial charge in [-0.05, 0) is 55.1 Å². The highest BCUT2D eigenvalue weighted by Gasteiger charge is 2.60. The van der Waals surface area contributed by atoms with Crippen molar-refractivity contribution in [3.8, 4) is 11.5 Å². The van der Waals surface area contributed by atoms with Crippen molar-refractivity contribution in [2.24, 2.45) is 17.6 Å². The first-order chi connectivity index (χ1) is 16.4. The minimum absolute atomic E-state index is 0.0179. The highest BCUT2D eigenvalue weighted by molar-refractivity contribution is 6.48. The molecule has 9 nitrogen and oxygen atoms in total. The fourth-order valence-corrected chi connectivity index (χ4v) is 6.02. The van der Waals surface area contributed by atoms with E-state index in [0.29, 0.717) is 38.0 Å². The van der Waals surface area contributed by atoms with Crippen LogP contribution in [0.25, 0.3) is 0 Å². The van der Waals surface area contributed by atoms with Crippen molar-refractivity contribution in [3.05, 3.63) is 23.3 Å². The van der Waals surface area contributed by atoms with Crippen LogP contribution in [0.15, 0.2) is 12.1 Å². The Hall–Kier alpha value is -2.30. The number of nitrogens with zero attached hydrogens (tertiary/aromatic N) is 1. The molecule has 1 amide bonds. The van der Waals surface area contributed by atoms with Crippen LogP contribution in [0, 0.1) is 11.8 Å². The third-order valence-corrected chi connectivity index (χ3v) is 8.12. The molecule has 2 aliphatic heterocycles. The molecule has 10 heteroatoms. The second-order valence-corrected chi connectivity index (χ2v) is 10.3. The maximum atomic E-state index is 12.7. The minimum atomic E-state index is -1.14. The van der Waals surface area contributed by atoms with E-state index in [1.807, 2.05) is 13.0 Å². The number of amides is 1. The number of likely N-dealkylation sites (tertiary alicyclic amines) is 1. The van der Waals surface area contributed by atoms with Crippen LogP contribution in [0.5, 0.6) is 11.5 Å². The molecule has 1 aromatic carbocycles. The Morgan fingerprint density at radius 2 is 2.00 bits per heavy atom. The highest BCUT2D eigenvalue weighted by Crippen LogP contribution is 2.65. The lowest BCUT2D eigenvalue weighted by Gasteiger charge is -2.40. The molecule has 0 radical (unpaired) electrons. The van der Waals surface area contributed by atoms with E-state index in [2.05, 4.69) is 5.32 Å². The van der Waals surface area contributed by atoms with Crippen LogP contribution in [0.1, 0.15) is 60.9 Å². The normalized spacial score (nSPS) is 30.0. The van der Waals surface area contributed by atoms with Gasteiger partial charge in [-0.1, -0.05) is 13.0 Å². The maximum absolute atomic E-state index is 12.7. The number of carbonyl (C=O) groups excluding carboxylic acids is 1. The van der Waals surface area contributed by atoms with E-state index >= 15 is 0 Å². The molecule has 0 aromatic heterocycles. The zero-order valence-electron chi connectivity index (χ0n) is 19.6. The molecule has 0 bridgehead atoms. The van der Waals surface area contributed by atoms with Gasteiger partial charge in [-0.15, -0.1) is 0 Å². The number of aromatic carboxylic acids is 1. The summed E-state index contributed by atoms with van der Waals surface area (Å²) in [5.74, 6) is 0.251. The van der Waals surface area contributed by atoms with E-state index < -0.39 is 13.1 Å². The number of rotatable bonds is 8. The molecule has 0 spiro atoms. The first kappa shape index (κ1) is 23.4. The number of nitrogens with two attached hydrogens (primary N) is 1.